The molecule has 0 fully saturated rings. The van der Waals surface area contributed by atoms with Crippen molar-refractivity contribution in [1.29, 1.82) is 0 Å². The van der Waals surface area contributed by atoms with Crippen LogP contribution in [-0.4, -0.2) is 37.2 Å². The molecule has 6 heteroatoms. The fraction of sp³-hybridized carbons (Fsp3) is 0.873. The quantitative estimate of drug-likeness (QED) is 0.0262. The van der Waals surface area contributed by atoms with Crippen LogP contribution in [0.3, 0.4) is 0 Å². The molecule has 6 nitrogen and oxygen atoms in total. The van der Waals surface area contributed by atoms with Gasteiger partial charge < -0.3 is 14.2 Å². The molecule has 0 spiro atoms. The van der Waals surface area contributed by atoms with Gasteiger partial charge in [-0.1, -0.05) is 244 Å². The molecule has 0 aliphatic rings. The second kappa shape index (κ2) is 50.5. The van der Waals surface area contributed by atoms with Gasteiger partial charge in [0.2, 0.25) is 0 Å². The van der Waals surface area contributed by atoms with E-state index in [4.69, 9.17) is 14.2 Å². The Hall–Kier alpha value is -2.11. The van der Waals surface area contributed by atoms with Gasteiger partial charge >= 0.3 is 17.9 Å². The highest BCUT2D eigenvalue weighted by Gasteiger charge is 2.19. The molecule has 0 aromatic rings. The molecule has 0 aliphatic carbocycles. The number of hydrogen-bond donors (Lipinski definition) is 0. The lowest BCUT2D eigenvalue weighted by Gasteiger charge is -2.18. The Bertz CT molecular complexity index is 989. The molecule has 0 rings (SSSR count). The fourth-order valence-corrected chi connectivity index (χ4v) is 7.89. The number of allylic oxidation sites excluding steroid dienone is 4. The summed E-state index contributed by atoms with van der Waals surface area (Å²) in [6.07, 6.45) is 57.8. The molecule has 0 radical (unpaired) electrons. The van der Waals surface area contributed by atoms with Crippen molar-refractivity contribution >= 4 is 17.9 Å². The molecule has 358 valence electrons. The molecule has 0 bridgehead atoms. The van der Waals surface area contributed by atoms with E-state index in [0.29, 0.717) is 19.3 Å². The second-order valence-corrected chi connectivity index (χ2v) is 18.2. The Morgan fingerprint density at radius 1 is 0.328 bits per heavy atom. The molecular formula is C55H102O6. The summed E-state index contributed by atoms with van der Waals surface area (Å²) < 4.78 is 16.7. The van der Waals surface area contributed by atoms with E-state index in [1.165, 1.54) is 186 Å². The van der Waals surface area contributed by atoms with E-state index in [2.05, 4.69) is 45.1 Å². The van der Waals surface area contributed by atoms with E-state index < -0.39 is 6.10 Å². The predicted molar refractivity (Wildman–Crippen MR) is 261 cm³/mol. The van der Waals surface area contributed by atoms with Crippen molar-refractivity contribution < 1.29 is 28.6 Å². The lowest BCUT2D eigenvalue weighted by molar-refractivity contribution is -0.167. The van der Waals surface area contributed by atoms with Crippen LogP contribution in [0, 0.1) is 0 Å². The minimum atomic E-state index is -0.761. The Labute approximate surface area is 379 Å². The third-order valence-electron chi connectivity index (χ3n) is 12.0. The minimum Gasteiger partial charge on any atom is -0.462 e. The molecule has 1 unspecified atom stereocenters. The zero-order valence-electron chi connectivity index (χ0n) is 40.9. The van der Waals surface area contributed by atoms with Gasteiger partial charge in [0.15, 0.2) is 6.10 Å². The molecule has 0 aromatic heterocycles. The molecular weight excluding hydrogens is 757 g/mol. The maximum absolute atomic E-state index is 12.7. The summed E-state index contributed by atoms with van der Waals surface area (Å²) in [6.45, 7) is 6.59. The summed E-state index contributed by atoms with van der Waals surface area (Å²) >= 11 is 0. The molecule has 0 aliphatic heterocycles. The third-order valence-corrected chi connectivity index (χ3v) is 12.0. The maximum atomic E-state index is 12.7. The molecule has 1 atom stereocenters. The number of ether oxygens (including phenoxy) is 3. The smallest absolute Gasteiger partial charge is 0.306 e. The number of hydrogen-bond acceptors (Lipinski definition) is 6. The molecule has 0 heterocycles. The number of carbonyl (C=O) groups is 3. The van der Waals surface area contributed by atoms with Gasteiger partial charge in [0.25, 0.3) is 0 Å². The highest BCUT2D eigenvalue weighted by molar-refractivity contribution is 5.71. The van der Waals surface area contributed by atoms with Crippen LogP contribution in [0.25, 0.3) is 0 Å². The van der Waals surface area contributed by atoms with Gasteiger partial charge in [-0.05, 0) is 51.4 Å². The average Bonchev–Trinajstić information content (AvgIpc) is 3.26. The van der Waals surface area contributed by atoms with Crippen LogP contribution in [0.15, 0.2) is 24.3 Å². The molecule has 0 saturated heterocycles. The first-order chi connectivity index (χ1) is 30.0. The summed E-state index contributed by atoms with van der Waals surface area (Å²) in [5.41, 5.74) is 0. The number of carbonyl (C=O) groups excluding carboxylic acids is 3. The Morgan fingerprint density at radius 2 is 0.590 bits per heavy atom. The number of unbranched alkanes of at least 4 members (excludes halogenated alkanes) is 34. The van der Waals surface area contributed by atoms with E-state index in [1.54, 1.807) is 0 Å². The molecule has 0 N–H and O–H groups in total. The van der Waals surface area contributed by atoms with Crippen molar-refractivity contribution in [3.05, 3.63) is 24.3 Å². The topological polar surface area (TPSA) is 78.9 Å². The van der Waals surface area contributed by atoms with E-state index in [0.717, 1.165) is 64.2 Å². The van der Waals surface area contributed by atoms with Crippen LogP contribution >= 0.6 is 0 Å². The number of rotatable bonds is 49. The van der Waals surface area contributed by atoms with Crippen molar-refractivity contribution in [2.75, 3.05) is 13.2 Å². The first kappa shape index (κ1) is 58.9. The van der Waals surface area contributed by atoms with Gasteiger partial charge in [-0.3, -0.25) is 14.4 Å². The van der Waals surface area contributed by atoms with Crippen molar-refractivity contribution in [2.45, 2.75) is 297 Å². The van der Waals surface area contributed by atoms with Gasteiger partial charge in [-0.15, -0.1) is 0 Å². The van der Waals surface area contributed by atoms with Crippen LogP contribution in [-0.2, 0) is 28.6 Å². The fourth-order valence-electron chi connectivity index (χ4n) is 7.89. The molecule has 0 amide bonds. The van der Waals surface area contributed by atoms with E-state index >= 15 is 0 Å². The largest absolute Gasteiger partial charge is 0.462 e. The Balaban J connectivity index is 3.98. The van der Waals surface area contributed by atoms with Gasteiger partial charge in [0, 0.05) is 19.3 Å². The summed E-state index contributed by atoms with van der Waals surface area (Å²) in [5, 5.41) is 0. The minimum absolute atomic E-state index is 0.0668. The number of esters is 3. The van der Waals surface area contributed by atoms with Crippen molar-refractivity contribution in [1.82, 2.24) is 0 Å². The Kier molecular flexibility index (Phi) is 48.8. The van der Waals surface area contributed by atoms with Crippen LogP contribution in [0.2, 0.25) is 0 Å². The lowest BCUT2D eigenvalue weighted by atomic mass is 10.0. The first-order valence-corrected chi connectivity index (χ1v) is 26.8. The summed E-state index contributed by atoms with van der Waals surface area (Å²) in [4.78, 5) is 37.7. The van der Waals surface area contributed by atoms with Crippen LogP contribution in [0.1, 0.15) is 290 Å². The zero-order valence-corrected chi connectivity index (χ0v) is 40.9. The lowest BCUT2D eigenvalue weighted by Crippen LogP contribution is -2.30. The molecule has 61 heavy (non-hydrogen) atoms. The van der Waals surface area contributed by atoms with E-state index in [1.807, 2.05) is 0 Å². The summed E-state index contributed by atoms with van der Waals surface area (Å²) in [6, 6.07) is 0. The normalized spacial score (nSPS) is 12.1. The highest BCUT2D eigenvalue weighted by Crippen LogP contribution is 2.16. The molecule has 0 saturated carbocycles. The van der Waals surface area contributed by atoms with Gasteiger partial charge in [-0.2, -0.15) is 0 Å². The van der Waals surface area contributed by atoms with Gasteiger partial charge in [-0.25, -0.2) is 0 Å². The van der Waals surface area contributed by atoms with Crippen LogP contribution < -0.4 is 0 Å². The zero-order chi connectivity index (χ0) is 44.4. The van der Waals surface area contributed by atoms with Gasteiger partial charge in [0.05, 0.1) is 0 Å². The maximum Gasteiger partial charge on any atom is 0.306 e. The third kappa shape index (κ3) is 48.8. The van der Waals surface area contributed by atoms with Crippen molar-refractivity contribution in [3.8, 4) is 0 Å². The van der Waals surface area contributed by atoms with Crippen molar-refractivity contribution in [2.24, 2.45) is 0 Å². The van der Waals surface area contributed by atoms with Gasteiger partial charge in [0.1, 0.15) is 13.2 Å². The standard InChI is InChI=1S/C55H102O6/c1-4-7-10-13-16-18-19-20-21-22-23-24-25-26-27-28-29-30-31-32-33-34-35-37-39-42-45-48-54(57)60-51-52(50-59-53(56)47-44-41-38-15-12-9-6-3)61-55(58)49-46-43-40-36-17-14-11-8-5-2/h19-20,22-23,52H,4-18,21,24-51H2,1-3H3/b20-19-,23-22-. The summed E-state index contributed by atoms with van der Waals surface area (Å²) in [7, 11) is 0. The monoisotopic (exact) mass is 859 g/mol. The SMILES string of the molecule is CCCCCCC/C=C\C/C=C\CCCCCCCCCCCCCCCCCC(=O)OCC(COC(=O)CCCCCCCCC)OC(=O)CCCCCCCCCCC. The van der Waals surface area contributed by atoms with Crippen LogP contribution in [0.5, 0.6) is 0 Å². The van der Waals surface area contributed by atoms with Crippen molar-refractivity contribution in [3.63, 3.8) is 0 Å². The highest BCUT2D eigenvalue weighted by atomic mass is 16.6. The second-order valence-electron chi connectivity index (χ2n) is 18.2. The van der Waals surface area contributed by atoms with E-state index in [-0.39, 0.29) is 31.1 Å². The van der Waals surface area contributed by atoms with Crippen LogP contribution in [0.4, 0.5) is 0 Å². The Morgan fingerprint density at radius 3 is 0.902 bits per heavy atom. The molecule has 0 aromatic carbocycles. The predicted octanol–water partition coefficient (Wildman–Crippen LogP) is 17.5. The summed E-state index contributed by atoms with van der Waals surface area (Å²) in [5.74, 6) is -0.865. The van der Waals surface area contributed by atoms with E-state index in [9.17, 15) is 14.4 Å². The average molecular weight is 859 g/mol. The first-order valence-electron chi connectivity index (χ1n) is 26.8.